The lowest BCUT2D eigenvalue weighted by atomic mass is 9.87. The second-order valence-corrected chi connectivity index (χ2v) is 12.2. The van der Waals surface area contributed by atoms with Crippen LogP contribution in [0.2, 0.25) is 0 Å². The van der Waals surface area contributed by atoms with Crippen LogP contribution in [0.5, 0.6) is 5.75 Å². The van der Waals surface area contributed by atoms with E-state index >= 15 is 0 Å². The number of aliphatic hydroxyl groups excluding tert-OH is 2. The summed E-state index contributed by atoms with van der Waals surface area (Å²) in [6, 6.07) is 16.6. The molecule has 0 aromatic heterocycles. The molecule has 3 N–H and O–H groups in total. The van der Waals surface area contributed by atoms with E-state index in [2.05, 4.69) is 34.8 Å². The monoisotopic (exact) mass is 690 g/mol. The van der Waals surface area contributed by atoms with E-state index in [9.17, 15) is 19.8 Å². The summed E-state index contributed by atoms with van der Waals surface area (Å²) in [5, 5.41) is 23.6. The van der Waals surface area contributed by atoms with Gasteiger partial charge in [-0.05, 0) is 52.8 Å². The fraction of sp³-hybridized carbons (Fsp3) is 0.529. The van der Waals surface area contributed by atoms with Gasteiger partial charge in [0.2, 0.25) is 11.8 Å². The van der Waals surface area contributed by atoms with Gasteiger partial charge in [-0.1, -0.05) is 101 Å². The Morgan fingerprint density at radius 2 is 1.60 bits per heavy atom. The van der Waals surface area contributed by atoms with Crippen molar-refractivity contribution in [3.05, 3.63) is 75.4 Å². The second kappa shape index (κ2) is 19.0. The zero-order chi connectivity index (χ0) is 30.2. The standard InChI is InChI=1S/C34H47IN2O5/c1-2-3-4-5-6-7-8-9-13-20-32(39)37(25-26-16-11-10-12-17-26)29-23-27(34(41)36-21-22-38)24-31(33(29)40)42-30-19-15-14-18-28(30)35/h10-12,14-19,24,29,31,33,38,40H,2-9,13,20-23,25H2,1H3,(H,36,41)/t29-,31+,33+/m1/s1. The number of unbranched alkanes of at least 4 members (excludes halogenated alkanes) is 8. The third-order valence-electron chi connectivity index (χ3n) is 7.72. The van der Waals surface area contributed by atoms with Crippen LogP contribution in [0, 0.1) is 3.57 Å². The number of ether oxygens (including phenoxy) is 1. The number of carbonyl (C=O) groups is 2. The number of aliphatic hydroxyl groups is 2. The molecule has 2 amide bonds. The summed E-state index contributed by atoms with van der Waals surface area (Å²) in [5.74, 6) is 0.240. The largest absolute Gasteiger partial charge is 0.482 e. The summed E-state index contributed by atoms with van der Waals surface area (Å²) in [4.78, 5) is 28.6. The number of nitrogens with zero attached hydrogens (tertiary/aromatic N) is 1. The minimum absolute atomic E-state index is 0.0316. The fourth-order valence-electron chi connectivity index (χ4n) is 5.37. The number of amides is 2. The van der Waals surface area contributed by atoms with Crippen molar-refractivity contribution in [2.24, 2.45) is 0 Å². The first-order valence-electron chi connectivity index (χ1n) is 15.5. The molecule has 0 aliphatic heterocycles. The first-order chi connectivity index (χ1) is 20.4. The molecule has 3 atom stereocenters. The van der Waals surface area contributed by atoms with Gasteiger partial charge in [0.05, 0.1) is 16.2 Å². The summed E-state index contributed by atoms with van der Waals surface area (Å²) >= 11 is 2.18. The van der Waals surface area contributed by atoms with Gasteiger partial charge in [-0.3, -0.25) is 9.59 Å². The number of nitrogens with one attached hydrogen (secondary N) is 1. The predicted molar refractivity (Wildman–Crippen MR) is 175 cm³/mol. The minimum atomic E-state index is -1.04. The van der Waals surface area contributed by atoms with Crippen LogP contribution in [-0.4, -0.2) is 58.3 Å². The molecule has 0 radical (unpaired) electrons. The molecule has 7 nitrogen and oxygen atoms in total. The Labute approximate surface area is 264 Å². The van der Waals surface area contributed by atoms with E-state index in [4.69, 9.17) is 4.74 Å². The Morgan fingerprint density at radius 1 is 0.952 bits per heavy atom. The molecule has 1 aliphatic rings. The van der Waals surface area contributed by atoms with Gasteiger partial charge < -0.3 is 25.2 Å². The maximum absolute atomic E-state index is 13.8. The van der Waals surface area contributed by atoms with Gasteiger partial charge in [-0.15, -0.1) is 0 Å². The van der Waals surface area contributed by atoms with E-state index in [-0.39, 0.29) is 31.4 Å². The van der Waals surface area contributed by atoms with Crippen LogP contribution in [0.1, 0.15) is 83.1 Å². The zero-order valence-corrected chi connectivity index (χ0v) is 27.0. The van der Waals surface area contributed by atoms with Gasteiger partial charge in [-0.2, -0.15) is 0 Å². The van der Waals surface area contributed by atoms with Crippen LogP contribution in [0.25, 0.3) is 0 Å². The molecule has 0 saturated heterocycles. The SMILES string of the molecule is CCCCCCCCCCCC(=O)N(Cc1ccccc1)[C@@H]1CC(C(=O)NCCO)=C[C@H](Oc2ccccc2I)[C@H]1O. The van der Waals surface area contributed by atoms with Crippen LogP contribution in [0.4, 0.5) is 0 Å². The molecule has 1 aliphatic carbocycles. The molecular weight excluding hydrogens is 643 g/mol. The van der Waals surface area contributed by atoms with E-state index in [0.717, 1.165) is 28.4 Å². The number of carbonyl (C=O) groups excluding carboxylic acids is 2. The lowest BCUT2D eigenvalue weighted by Gasteiger charge is -2.40. The maximum atomic E-state index is 13.8. The Bertz CT molecular complexity index is 1130. The normalized spacial score (nSPS) is 18.3. The predicted octanol–water partition coefficient (Wildman–Crippen LogP) is 6.16. The highest BCUT2D eigenvalue weighted by Crippen LogP contribution is 2.31. The van der Waals surface area contributed by atoms with E-state index < -0.39 is 18.2 Å². The number of hydrogen-bond donors (Lipinski definition) is 3. The van der Waals surface area contributed by atoms with Gasteiger partial charge in [0, 0.05) is 31.5 Å². The molecule has 2 aromatic rings. The number of rotatable bonds is 18. The first kappa shape index (κ1) is 34.1. The highest BCUT2D eigenvalue weighted by Gasteiger charge is 2.40. The average molecular weight is 691 g/mol. The van der Waals surface area contributed by atoms with Crippen molar-refractivity contribution in [2.75, 3.05) is 13.2 Å². The van der Waals surface area contributed by atoms with E-state index in [1.165, 1.54) is 38.5 Å². The third kappa shape index (κ3) is 11.0. The average Bonchev–Trinajstić information content (AvgIpc) is 3.00. The maximum Gasteiger partial charge on any atom is 0.247 e. The van der Waals surface area contributed by atoms with Gasteiger partial charge >= 0.3 is 0 Å². The quantitative estimate of drug-likeness (QED) is 0.129. The van der Waals surface area contributed by atoms with Gasteiger partial charge in [0.1, 0.15) is 18.0 Å². The number of benzene rings is 2. The number of para-hydroxylation sites is 1. The van der Waals surface area contributed by atoms with Crippen LogP contribution < -0.4 is 10.1 Å². The summed E-state index contributed by atoms with van der Waals surface area (Å²) in [6.07, 6.45) is 10.9. The van der Waals surface area contributed by atoms with Crippen molar-refractivity contribution in [3.63, 3.8) is 0 Å². The molecule has 0 saturated carbocycles. The molecule has 0 heterocycles. The molecule has 0 bridgehead atoms. The fourth-order valence-corrected chi connectivity index (χ4v) is 5.88. The molecule has 230 valence electrons. The lowest BCUT2D eigenvalue weighted by molar-refractivity contribution is -0.139. The Morgan fingerprint density at radius 3 is 2.26 bits per heavy atom. The first-order valence-corrected chi connectivity index (χ1v) is 16.5. The molecule has 42 heavy (non-hydrogen) atoms. The molecule has 0 spiro atoms. The van der Waals surface area contributed by atoms with Crippen molar-refractivity contribution in [2.45, 2.75) is 102 Å². The van der Waals surface area contributed by atoms with Crippen LogP contribution in [-0.2, 0) is 16.1 Å². The lowest BCUT2D eigenvalue weighted by Crippen LogP contribution is -2.54. The van der Waals surface area contributed by atoms with Crippen molar-refractivity contribution in [1.29, 1.82) is 0 Å². The Hall–Kier alpha value is -2.43. The molecular formula is C34H47IN2O5. The van der Waals surface area contributed by atoms with Crippen molar-refractivity contribution in [3.8, 4) is 5.75 Å². The zero-order valence-electron chi connectivity index (χ0n) is 24.8. The summed E-state index contributed by atoms with van der Waals surface area (Å²) in [7, 11) is 0. The molecule has 3 rings (SSSR count). The summed E-state index contributed by atoms with van der Waals surface area (Å²) < 4.78 is 7.13. The second-order valence-electron chi connectivity index (χ2n) is 11.0. The van der Waals surface area contributed by atoms with Crippen LogP contribution in [0.15, 0.2) is 66.2 Å². The van der Waals surface area contributed by atoms with Crippen LogP contribution in [0.3, 0.4) is 0 Å². The highest BCUT2D eigenvalue weighted by molar-refractivity contribution is 14.1. The molecule has 2 aromatic carbocycles. The van der Waals surface area contributed by atoms with E-state index in [1.54, 1.807) is 11.0 Å². The topological polar surface area (TPSA) is 99.1 Å². The van der Waals surface area contributed by atoms with E-state index in [0.29, 0.717) is 24.3 Å². The summed E-state index contributed by atoms with van der Waals surface area (Å²) in [6.45, 7) is 2.51. The third-order valence-corrected chi connectivity index (χ3v) is 8.62. The Balaban J connectivity index is 1.77. The van der Waals surface area contributed by atoms with Gasteiger partial charge in [0.25, 0.3) is 0 Å². The van der Waals surface area contributed by atoms with Gasteiger partial charge in [0.15, 0.2) is 0 Å². The van der Waals surface area contributed by atoms with Crippen LogP contribution >= 0.6 is 22.6 Å². The number of hydrogen-bond acceptors (Lipinski definition) is 5. The number of halogens is 1. The van der Waals surface area contributed by atoms with Crippen molar-refractivity contribution < 1.29 is 24.5 Å². The van der Waals surface area contributed by atoms with Crippen molar-refractivity contribution in [1.82, 2.24) is 10.2 Å². The molecule has 8 heteroatoms. The van der Waals surface area contributed by atoms with Crippen molar-refractivity contribution >= 4 is 34.4 Å². The Kier molecular flexibility index (Phi) is 15.4. The highest BCUT2D eigenvalue weighted by atomic mass is 127. The molecule has 0 fully saturated rings. The summed E-state index contributed by atoms with van der Waals surface area (Å²) in [5.41, 5.74) is 1.39. The van der Waals surface area contributed by atoms with E-state index in [1.807, 2.05) is 54.6 Å². The van der Waals surface area contributed by atoms with Gasteiger partial charge in [-0.25, -0.2) is 0 Å². The molecule has 0 unspecified atom stereocenters. The smallest absolute Gasteiger partial charge is 0.247 e. The minimum Gasteiger partial charge on any atom is -0.482 e.